The Hall–Kier alpha value is -3.74. The van der Waals surface area contributed by atoms with Crippen LogP contribution in [0.3, 0.4) is 0 Å². The second kappa shape index (κ2) is 9.78. The summed E-state index contributed by atoms with van der Waals surface area (Å²) in [5.41, 5.74) is 3.47. The Balaban J connectivity index is 1.29. The molecule has 4 aromatic rings. The number of anilines is 1. The van der Waals surface area contributed by atoms with Crippen molar-refractivity contribution in [2.75, 3.05) is 5.32 Å². The van der Waals surface area contributed by atoms with Crippen molar-refractivity contribution in [3.8, 4) is 6.07 Å². The van der Waals surface area contributed by atoms with E-state index in [2.05, 4.69) is 44.9 Å². The Morgan fingerprint density at radius 1 is 1.28 bits per heavy atom. The molecule has 10 heteroatoms. The highest BCUT2D eigenvalue weighted by Crippen LogP contribution is 2.53. The van der Waals surface area contributed by atoms with E-state index in [0.717, 1.165) is 42.6 Å². The Morgan fingerprint density at radius 2 is 2.10 bits per heavy atom. The van der Waals surface area contributed by atoms with Gasteiger partial charge in [0.2, 0.25) is 0 Å². The van der Waals surface area contributed by atoms with E-state index in [1.165, 1.54) is 6.42 Å². The molecule has 0 aliphatic heterocycles. The first-order chi connectivity index (χ1) is 18.8. The molecular weight excluding hydrogens is 512 g/mol. The predicted octanol–water partition coefficient (Wildman–Crippen LogP) is 5.01. The van der Waals surface area contributed by atoms with Crippen LogP contribution in [0.15, 0.2) is 49.1 Å². The lowest BCUT2D eigenvalue weighted by Gasteiger charge is -2.46. The first-order valence-electron chi connectivity index (χ1n) is 13.3. The third kappa shape index (κ3) is 4.58. The molecule has 0 bridgehead atoms. The van der Waals surface area contributed by atoms with Gasteiger partial charge in [-0.15, -0.1) is 10.2 Å². The van der Waals surface area contributed by atoms with Crippen molar-refractivity contribution < 1.29 is 4.79 Å². The number of fused-ring (bicyclic) bond motifs is 1. The van der Waals surface area contributed by atoms with Gasteiger partial charge in [0.15, 0.2) is 5.65 Å². The molecule has 1 aromatic carbocycles. The average Bonchev–Trinajstić information content (AvgIpc) is 3.48. The van der Waals surface area contributed by atoms with Crippen LogP contribution in [0.1, 0.15) is 72.8 Å². The molecule has 1 amide bonds. The van der Waals surface area contributed by atoms with Crippen molar-refractivity contribution in [1.29, 1.82) is 5.26 Å². The Kier molecular flexibility index (Phi) is 6.40. The van der Waals surface area contributed by atoms with Gasteiger partial charge < -0.3 is 15.2 Å². The van der Waals surface area contributed by atoms with E-state index in [1.807, 2.05) is 42.1 Å². The lowest BCUT2D eigenvalue weighted by molar-refractivity contribution is 0.102. The van der Waals surface area contributed by atoms with Gasteiger partial charge in [0, 0.05) is 37.4 Å². The smallest absolute Gasteiger partial charge is 0.259 e. The molecule has 0 unspecified atom stereocenters. The molecule has 2 aliphatic rings. The van der Waals surface area contributed by atoms with E-state index in [-0.39, 0.29) is 16.9 Å². The molecule has 0 spiro atoms. The fourth-order valence-corrected chi connectivity index (χ4v) is 6.31. The summed E-state index contributed by atoms with van der Waals surface area (Å²) in [6.07, 6.45) is 10.9. The topological polar surface area (TPSA) is 113 Å². The number of nitrogens with zero attached hydrogens (tertiary/aromatic N) is 6. The number of nitrogens with one attached hydrogen (secondary N) is 2. The number of rotatable bonds is 8. The number of hydrogen-bond acceptors (Lipinski definition) is 6. The molecular formula is C29H31ClN8O. The minimum absolute atomic E-state index is 0.142. The minimum atomic E-state index is -0.347. The number of amides is 1. The molecule has 2 saturated carbocycles. The normalized spacial score (nSPS) is 21.6. The van der Waals surface area contributed by atoms with Crippen molar-refractivity contribution in [2.45, 2.75) is 62.9 Å². The van der Waals surface area contributed by atoms with E-state index < -0.39 is 0 Å². The largest absolute Gasteiger partial charge is 0.322 e. The molecule has 9 nitrogen and oxygen atoms in total. The molecule has 2 N–H and O–H groups in total. The first kappa shape index (κ1) is 25.5. The highest BCUT2D eigenvalue weighted by Gasteiger charge is 2.49. The summed E-state index contributed by atoms with van der Waals surface area (Å²) in [6, 6.07) is 12.1. The van der Waals surface area contributed by atoms with Gasteiger partial charge in [0.05, 0.1) is 23.2 Å². The molecule has 2 aliphatic carbocycles. The van der Waals surface area contributed by atoms with Crippen molar-refractivity contribution in [3.63, 3.8) is 0 Å². The van der Waals surface area contributed by atoms with Crippen LogP contribution in [-0.4, -0.2) is 35.6 Å². The summed E-state index contributed by atoms with van der Waals surface area (Å²) in [4.78, 5) is 18.0. The highest BCUT2D eigenvalue weighted by atomic mass is 35.5. The molecule has 0 atom stereocenters. The van der Waals surface area contributed by atoms with Crippen LogP contribution in [0.25, 0.3) is 5.65 Å². The number of imidazole rings is 1. The van der Waals surface area contributed by atoms with Gasteiger partial charge in [-0.3, -0.25) is 9.20 Å². The fourth-order valence-electron chi connectivity index (χ4n) is 6.13. The standard InChI is InChI=1S/C29H31ClN8O/c1-28(8-4-9-28)33-15-20-11-23(25-32-16-24(30)38(25)17-20)26(39)35-22-6-3-5-21(12-22)29(13-19(14-29)7-10-31)27-36-34-18-37(27)2/h3,5-6,11-12,16-19,33H,4,7-9,13-15H2,1-2H3,(H,35,39). The quantitative estimate of drug-likeness (QED) is 0.323. The molecule has 3 heterocycles. The summed E-state index contributed by atoms with van der Waals surface area (Å²) in [5.74, 6) is 0.927. The third-order valence-corrected chi connectivity index (χ3v) is 8.78. The van der Waals surface area contributed by atoms with Gasteiger partial charge in [0.25, 0.3) is 5.91 Å². The zero-order valence-corrected chi connectivity index (χ0v) is 22.9. The van der Waals surface area contributed by atoms with Gasteiger partial charge >= 0.3 is 0 Å². The van der Waals surface area contributed by atoms with Gasteiger partial charge in [-0.2, -0.15) is 5.26 Å². The van der Waals surface area contributed by atoms with Crippen molar-refractivity contribution in [2.24, 2.45) is 13.0 Å². The Morgan fingerprint density at radius 3 is 2.79 bits per heavy atom. The van der Waals surface area contributed by atoms with Gasteiger partial charge in [-0.1, -0.05) is 23.7 Å². The molecule has 0 saturated heterocycles. The summed E-state index contributed by atoms with van der Waals surface area (Å²) in [6.45, 7) is 2.87. The molecule has 0 radical (unpaired) electrons. The number of carbonyl (C=O) groups excluding carboxylic acids is 1. The van der Waals surface area contributed by atoms with E-state index in [9.17, 15) is 10.1 Å². The zero-order valence-electron chi connectivity index (χ0n) is 22.1. The third-order valence-electron chi connectivity index (χ3n) is 8.50. The summed E-state index contributed by atoms with van der Waals surface area (Å²) < 4.78 is 3.70. The maximum absolute atomic E-state index is 13.6. The van der Waals surface area contributed by atoms with Gasteiger partial charge in [0.1, 0.15) is 17.3 Å². The summed E-state index contributed by atoms with van der Waals surface area (Å²) >= 11 is 6.41. The highest BCUT2D eigenvalue weighted by molar-refractivity contribution is 6.30. The van der Waals surface area contributed by atoms with E-state index >= 15 is 0 Å². The zero-order chi connectivity index (χ0) is 27.2. The lowest BCUT2D eigenvalue weighted by Crippen LogP contribution is -2.47. The molecule has 3 aromatic heterocycles. The maximum atomic E-state index is 13.6. The Bertz CT molecular complexity index is 1590. The van der Waals surface area contributed by atoms with Crippen molar-refractivity contribution in [3.05, 3.63) is 76.7 Å². The van der Waals surface area contributed by atoms with Crippen molar-refractivity contribution >= 4 is 28.8 Å². The fraction of sp³-hybridized carbons (Fsp3) is 0.414. The number of hydrogen-bond donors (Lipinski definition) is 2. The monoisotopic (exact) mass is 542 g/mol. The number of benzene rings is 1. The van der Waals surface area contributed by atoms with E-state index in [4.69, 9.17) is 11.6 Å². The minimum Gasteiger partial charge on any atom is -0.322 e. The van der Waals surface area contributed by atoms with E-state index in [1.54, 1.807) is 16.9 Å². The number of nitriles is 1. The van der Waals surface area contributed by atoms with Crippen LogP contribution in [-0.2, 0) is 19.0 Å². The Labute approximate surface area is 232 Å². The van der Waals surface area contributed by atoms with Gasteiger partial charge in [-0.05, 0) is 74.3 Å². The average molecular weight is 543 g/mol. The maximum Gasteiger partial charge on any atom is 0.259 e. The number of carbonyl (C=O) groups is 1. The van der Waals surface area contributed by atoms with Crippen LogP contribution >= 0.6 is 11.6 Å². The van der Waals surface area contributed by atoms with Crippen LogP contribution in [0.5, 0.6) is 0 Å². The number of halogens is 1. The SMILES string of the molecule is Cn1cnnc1C1(c2cccc(NC(=O)c3cc(CNC4(C)CCC4)cn4c(Cl)cnc34)c2)CC(CC#N)C1. The first-order valence-corrected chi connectivity index (χ1v) is 13.7. The lowest BCUT2D eigenvalue weighted by atomic mass is 9.57. The van der Waals surface area contributed by atoms with Crippen LogP contribution in [0, 0.1) is 17.2 Å². The number of aryl methyl sites for hydroxylation is 1. The molecule has 2 fully saturated rings. The molecule has 39 heavy (non-hydrogen) atoms. The van der Waals surface area contributed by atoms with Crippen LogP contribution in [0.4, 0.5) is 5.69 Å². The predicted molar refractivity (Wildman–Crippen MR) is 148 cm³/mol. The second-order valence-corrected chi connectivity index (χ2v) is 11.7. The van der Waals surface area contributed by atoms with Gasteiger partial charge in [-0.25, -0.2) is 4.98 Å². The summed E-state index contributed by atoms with van der Waals surface area (Å²) in [7, 11) is 1.94. The van der Waals surface area contributed by atoms with Crippen molar-refractivity contribution in [1.82, 2.24) is 29.5 Å². The van der Waals surface area contributed by atoms with Crippen LogP contribution < -0.4 is 10.6 Å². The van der Waals surface area contributed by atoms with E-state index in [0.29, 0.717) is 40.9 Å². The van der Waals surface area contributed by atoms with Crippen LogP contribution in [0.2, 0.25) is 5.15 Å². The summed E-state index contributed by atoms with van der Waals surface area (Å²) in [5, 5.41) is 24.9. The number of aromatic nitrogens is 5. The number of pyridine rings is 1. The molecule has 200 valence electrons. The molecule has 6 rings (SSSR count). The second-order valence-electron chi connectivity index (χ2n) is 11.3.